The molecule has 0 aliphatic carbocycles. The third-order valence-corrected chi connectivity index (χ3v) is 7.59. The summed E-state index contributed by atoms with van der Waals surface area (Å²) in [7, 11) is -3.55. The number of alkyl halides is 2. The first-order valence-electron chi connectivity index (χ1n) is 10.4. The van der Waals surface area contributed by atoms with E-state index in [0.29, 0.717) is 43.7 Å². The van der Waals surface area contributed by atoms with Crippen molar-refractivity contribution in [2.24, 2.45) is 0 Å². The van der Waals surface area contributed by atoms with E-state index in [1.54, 1.807) is 23.1 Å². The van der Waals surface area contributed by atoms with Crippen LogP contribution in [-0.2, 0) is 16.4 Å². The van der Waals surface area contributed by atoms with Crippen LogP contribution < -0.4 is 9.64 Å². The van der Waals surface area contributed by atoms with Crippen molar-refractivity contribution in [1.82, 2.24) is 4.31 Å². The number of amides is 1. The number of fused-ring (bicyclic) bond motifs is 1. The van der Waals surface area contributed by atoms with Crippen molar-refractivity contribution in [1.29, 1.82) is 0 Å². The first-order chi connectivity index (χ1) is 14.9. The lowest BCUT2D eigenvalue weighted by Crippen LogP contribution is -2.37. The van der Waals surface area contributed by atoms with Gasteiger partial charge >= 0.3 is 6.61 Å². The van der Waals surface area contributed by atoms with E-state index in [1.165, 1.54) is 28.6 Å². The second-order valence-corrected chi connectivity index (χ2v) is 9.66. The Labute approximate surface area is 180 Å². The second kappa shape index (κ2) is 8.92. The number of nitrogens with zero attached hydrogens (tertiary/aromatic N) is 2. The zero-order valence-electron chi connectivity index (χ0n) is 17.0. The molecular formula is C22H24F2N2O4S. The molecule has 2 aliphatic heterocycles. The molecule has 0 atom stereocenters. The lowest BCUT2D eigenvalue weighted by Gasteiger charge is -2.31. The molecule has 2 aliphatic rings. The third-order valence-electron chi connectivity index (χ3n) is 5.69. The normalized spacial score (nSPS) is 17.5. The van der Waals surface area contributed by atoms with E-state index < -0.39 is 16.6 Å². The molecule has 0 aromatic heterocycles. The van der Waals surface area contributed by atoms with Crippen LogP contribution in [0.25, 0.3) is 0 Å². The highest BCUT2D eigenvalue weighted by Crippen LogP contribution is 2.32. The lowest BCUT2D eigenvalue weighted by atomic mass is 10.0. The molecule has 2 aromatic carbocycles. The van der Waals surface area contributed by atoms with Gasteiger partial charge in [0.15, 0.2) is 0 Å². The van der Waals surface area contributed by atoms with E-state index in [1.807, 2.05) is 0 Å². The van der Waals surface area contributed by atoms with Gasteiger partial charge in [-0.25, -0.2) is 8.42 Å². The molecule has 0 radical (unpaired) electrons. The van der Waals surface area contributed by atoms with Crippen LogP contribution in [0.15, 0.2) is 47.4 Å². The lowest BCUT2D eigenvalue weighted by molar-refractivity contribution is -0.0498. The van der Waals surface area contributed by atoms with Gasteiger partial charge in [-0.15, -0.1) is 0 Å². The van der Waals surface area contributed by atoms with Gasteiger partial charge in [-0.05, 0) is 73.7 Å². The Kier molecular flexibility index (Phi) is 6.24. The topological polar surface area (TPSA) is 66.9 Å². The smallest absolute Gasteiger partial charge is 0.387 e. The van der Waals surface area contributed by atoms with Gasteiger partial charge in [-0.2, -0.15) is 13.1 Å². The van der Waals surface area contributed by atoms with Crippen molar-refractivity contribution in [2.45, 2.75) is 43.6 Å². The number of rotatable bonds is 5. The number of halogens is 2. The van der Waals surface area contributed by atoms with Gasteiger partial charge in [-0.3, -0.25) is 4.79 Å². The van der Waals surface area contributed by atoms with Crippen molar-refractivity contribution >= 4 is 21.6 Å². The maximum absolute atomic E-state index is 13.0. The fourth-order valence-electron chi connectivity index (χ4n) is 4.13. The summed E-state index contributed by atoms with van der Waals surface area (Å²) in [6.45, 7) is -1.35. The largest absolute Gasteiger partial charge is 0.435 e. The predicted octanol–water partition coefficient (Wildman–Crippen LogP) is 4.06. The Morgan fingerprint density at radius 2 is 1.65 bits per heavy atom. The Balaban J connectivity index is 1.57. The molecule has 31 heavy (non-hydrogen) atoms. The van der Waals surface area contributed by atoms with E-state index in [0.717, 1.165) is 24.8 Å². The van der Waals surface area contributed by atoms with Gasteiger partial charge in [0.2, 0.25) is 10.0 Å². The number of hydrogen-bond acceptors (Lipinski definition) is 4. The van der Waals surface area contributed by atoms with Crippen LogP contribution >= 0.6 is 0 Å². The van der Waals surface area contributed by atoms with Crippen molar-refractivity contribution in [2.75, 3.05) is 24.5 Å². The Morgan fingerprint density at radius 3 is 2.32 bits per heavy atom. The number of piperidine rings is 1. The summed E-state index contributed by atoms with van der Waals surface area (Å²) in [5.74, 6) is -0.283. The van der Waals surface area contributed by atoms with E-state index in [4.69, 9.17) is 0 Å². The van der Waals surface area contributed by atoms with Crippen LogP contribution in [0, 0.1) is 0 Å². The summed E-state index contributed by atoms with van der Waals surface area (Å²) in [6, 6.07) is 10.5. The Bertz CT molecular complexity index is 1050. The Morgan fingerprint density at radius 1 is 0.935 bits per heavy atom. The second-order valence-electron chi connectivity index (χ2n) is 7.72. The number of aryl methyl sites for hydroxylation is 1. The zero-order chi connectivity index (χ0) is 22.0. The molecule has 2 heterocycles. The maximum Gasteiger partial charge on any atom is 0.387 e. The van der Waals surface area contributed by atoms with Crippen molar-refractivity contribution < 1.29 is 26.7 Å². The molecule has 1 saturated heterocycles. The molecule has 0 unspecified atom stereocenters. The minimum Gasteiger partial charge on any atom is -0.435 e. The van der Waals surface area contributed by atoms with Gasteiger partial charge in [0.05, 0.1) is 4.90 Å². The molecule has 0 bridgehead atoms. The molecule has 2 aromatic rings. The SMILES string of the molecule is O=C(c1ccc(OC(F)F)cc1)N1CCCc2cc(S(=O)(=O)N3CCCCC3)ccc21. The van der Waals surface area contributed by atoms with Crippen LogP contribution in [0.4, 0.5) is 14.5 Å². The summed E-state index contributed by atoms with van der Waals surface area (Å²) in [5.41, 5.74) is 1.84. The van der Waals surface area contributed by atoms with Gasteiger partial charge < -0.3 is 9.64 Å². The van der Waals surface area contributed by atoms with E-state index in [2.05, 4.69) is 4.74 Å². The van der Waals surface area contributed by atoms with Crippen molar-refractivity contribution in [3.63, 3.8) is 0 Å². The number of benzene rings is 2. The quantitative estimate of drug-likeness (QED) is 0.689. The van der Waals surface area contributed by atoms with E-state index >= 15 is 0 Å². The minimum atomic E-state index is -3.55. The van der Waals surface area contributed by atoms with E-state index in [-0.39, 0.29) is 16.6 Å². The van der Waals surface area contributed by atoms with E-state index in [9.17, 15) is 22.0 Å². The summed E-state index contributed by atoms with van der Waals surface area (Å²) in [4.78, 5) is 14.9. The van der Waals surface area contributed by atoms with Crippen LogP contribution in [-0.4, -0.2) is 44.9 Å². The van der Waals surface area contributed by atoms with Crippen LogP contribution in [0.2, 0.25) is 0 Å². The predicted molar refractivity (Wildman–Crippen MR) is 112 cm³/mol. The monoisotopic (exact) mass is 450 g/mol. The summed E-state index contributed by atoms with van der Waals surface area (Å²) < 4.78 is 56.5. The number of anilines is 1. The highest BCUT2D eigenvalue weighted by atomic mass is 32.2. The molecular weight excluding hydrogens is 426 g/mol. The minimum absolute atomic E-state index is 0.0156. The number of sulfonamides is 1. The maximum atomic E-state index is 13.0. The molecule has 1 fully saturated rings. The summed E-state index contributed by atoms with van der Waals surface area (Å²) in [6.07, 6.45) is 4.17. The molecule has 166 valence electrons. The average molecular weight is 451 g/mol. The first-order valence-corrected chi connectivity index (χ1v) is 11.8. The van der Waals surface area contributed by atoms with Crippen molar-refractivity contribution in [3.8, 4) is 5.75 Å². The fourth-order valence-corrected chi connectivity index (χ4v) is 5.70. The molecule has 1 amide bonds. The summed E-state index contributed by atoms with van der Waals surface area (Å²) >= 11 is 0. The standard InChI is InChI=1S/C22H24F2N2O4S/c23-22(24)30-18-8-6-16(7-9-18)21(27)26-14-4-5-17-15-19(10-11-20(17)26)31(28,29)25-12-2-1-3-13-25/h6-11,15,22H,1-5,12-14H2. The fraction of sp³-hybridized carbons (Fsp3) is 0.409. The number of ether oxygens (including phenoxy) is 1. The first kappa shape index (κ1) is 21.7. The number of hydrogen-bond donors (Lipinski definition) is 0. The zero-order valence-corrected chi connectivity index (χ0v) is 17.8. The highest BCUT2D eigenvalue weighted by molar-refractivity contribution is 7.89. The average Bonchev–Trinajstić information content (AvgIpc) is 2.78. The van der Waals surface area contributed by atoms with Crippen LogP contribution in [0.3, 0.4) is 0 Å². The highest BCUT2D eigenvalue weighted by Gasteiger charge is 2.29. The van der Waals surface area contributed by atoms with Gasteiger partial charge in [0, 0.05) is 30.9 Å². The van der Waals surface area contributed by atoms with Crippen molar-refractivity contribution in [3.05, 3.63) is 53.6 Å². The third kappa shape index (κ3) is 4.57. The summed E-state index contributed by atoms with van der Waals surface area (Å²) in [5, 5.41) is 0. The number of carbonyl (C=O) groups excluding carboxylic acids is 1. The molecule has 9 heteroatoms. The molecule has 6 nitrogen and oxygen atoms in total. The molecule has 0 spiro atoms. The van der Waals surface area contributed by atoms with Gasteiger partial charge in [0.25, 0.3) is 5.91 Å². The van der Waals surface area contributed by atoms with Crippen LogP contribution in [0.1, 0.15) is 41.6 Å². The van der Waals surface area contributed by atoms with Gasteiger partial charge in [-0.1, -0.05) is 6.42 Å². The number of carbonyl (C=O) groups is 1. The molecule has 0 N–H and O–H groups in total. The molecule has 0 saturated carbocycles. The Hall–Kier alpha value is -2.52. The van der Waals surface area contributed by atoms with Gasteiger partial charge in [0.1, 0.15) is 5.75 Å². The molecule has 4 rings (SSSR count). The van der Waals surface area contributed by atoms with Crippen LogP contribution in [0.5, 0.6) is 5.75 Å².